The van der Waals surface area contributed by atoms with Crippen molar-refractivity contribution in [1.29, 1.82) is 0 Å². The number of nitrogen functional groups attached to an aromatic ring is 1. The first kappa shape index (κ1) is 35.5. The fraction of sp³-hybridized carbons (Fsp3) is 0.333. The smallest absolute Gasteiger partial charge is 0.459 e. The summed E-state index contributed by atoms with van der Waals surface area (Å²) in [6, 6.07) is 21.2. The largest absolute Gasteiger partial charge is 0.479 e. The highest BCUT2D eigenvalue weighted by atomic mass is 32.2. The molecule has 50 heavy (non-hydrogen) atoms. The van der Waals surface area contributed by atoms with Crippen LogP contribution in [0, 0.1) is 0 Å². The van der Waals surface area contributed by atoms with E-state index >= 15 is 0 Å². The number of carbonyl (C=O) groups is 1. The molecule has 264 valence electrons. The second-order valence-corrected chi connectivity index (χ2v) is 14.3. The van der Waals surface area contributed by atoms with E-state index < -0.39 is 50.4 Å². The second kappa shape index (κ2) is 14.9. The highest BCUT2D eigenvalue weighted by molar-refractivity contribution is 7.95. The van der Waals surface area contributed by atoms with Gasteiger partial charge in [0.05, 0.1) is 32.1 Å². The number of nitrogens with zero attached hydrogens (tertiary/aromatic N) is 4. The van der Waals surface area contributed by atoms with E-state index in [2.05, 4.69) is 20.0 Å². The molecule has 1 aliphatic rings. The topological polar surface area (TPSA) is 202 Å². The molecule has 0 saturated carbocycles. The van der Waals surface area contributed by atoms with Crippen LogP contribution in [0.2, 0.25) is 0 Å². The Bertz CT molecular complexity index is 2010. The molecule has 1 fully saturated rings. The van der Waals surface area contributed by atoms with Crippen LogP contribution in [0.3, 0.4) is 0 Å². The minimum Gasteiger partial charge on any atom is -0.479 e. The van der Waals surface area contributed by atoms with Gasteiger partial charge >= 0.3 is 13.7 Å². The van der Waals surface area contributed by atoms with E-state index in [9.17, 15) is 19.6 Å². The normalized spacial score (nSPS) is 22.3. The third-order valence-electron chi connectivity index (χ3n) is 8.15. The van der Waals surface area contributed by atoms with E-state index in [1.165, 1.54) is 31.9 Å². The van der Waals surface area contributed by atoms with E-state index in [-0.39, 0.29) is 28.7 Å². The van der Waals surface area contributed by atoms with Gasteiger partial charge in [-0.2, -0.15) is 15.1 Å². The summed E-state index contributed by atoms with van der Waals surface area (Å²) < 4.78 is 44.4. The molecule has 5 N–H and O–H groups in total. The van der Waals surface area contributed by atoms with Gasteiger partial charge in [-0.1, -0.05) is 66.7 Å². The van der Waals surface area contributed by atoms with E-state index in [4.69, 9.17) is 28.4 Å². The van der Waals surface area contributed by atoms with Crippen molar-refractivity contribution in [3.63, 3.8) is 0 Å². The van der Waals surface area contributed by atoms with E-state index in [0.29, 0.717) is 17.6 Å². The van der Waals surface area contributed by atoms with Gasteiger partial charge in [-0.05, 0) is 37.3 Å². The molecule has 0 spiro atoms. The molecule has 17 heteroatoms. The third kappa shape index (κ3) is 7.56. The molecular weight excluding hydrogens is 687 g/mol. The van der Waals surface area contributed by atoms with Crippen molar-refractivity contribution in [3.8, 4) is 11.6 Å². The van der Waals surface area contributed by atoms with Gasteiger partial charge in [-0.15, -0.1) is 0 Å². The van der Waals surface area contributed by atoms with Crippen molar-refractivity contribution < 1.29 is 42.3 Å². The van der Waals surface area contributed by atoms with Gasteiger partial charge in [0.1, 0.15) is 29.6 Å². The van der Waals surface area contributed by atoms with Crippen LogP contribution in [-0.2, 0) is 29.2 Å². The fourth-order valence-electron chi connectivity index (χ4n) is 5.53. The molecule has 2 aromatic heterocycles. The number of ether oxygens (including phenoxy) is 2. The minimum absolute atomic E-state index is 0.103. The van der Waals surface area contributed by atoms with Gasteiger partial charge in [0.25, 0.3) is 0 Å². The Morgan fingerprint density at radius 1 is 1.14 bits per heavy atom. The summed E-state index contributed by atoms with van der Waals surface area (Å²) in [4.78, 5) is 25.5. The number of aliphatic hydroxyl groups is 2. The number of imidazole rings is 1. The van der Waals surface area contributed by atoms with Crippen molar-refractivity contribution in [2.24, 2.45) is 0 Å². The lowest BCUT2D eigenvalue weighted by Crippen LogP contribution is -2.44. The van der Waals surface area contributed by atoms with E-state index in [0.717, 1.165) is 23.0 Å². The maximum atomic E-state index is 14.4. The lowest BCUT2D eigenvalue weighted by Gasteiger charge is -2.27. The number of carbonyl (C=O) groups excluding carboxylic acids is 1. The zero-order valence-electron chi connectivity index (χ0n) is 27.4. The molecule has 0 aliphatic carbocycles. The number of methoxy groups -OCH3 is 1. The lowest BCUT2D eigenvalue weighted by molar-refractivity contribution is -0.134. The first-order valence-corrected chi connectivity index (χ1v) is 18.1. The van der Waals surface area contributed by atoms with Crippen LogP contribution in [0.25, 0.3) is 21.9 Å². The van der Waals surface area contributed by atoms with Gasteiger partial charge in [-0.25, -0.2) is 14.3 Å². The van der Waals surface area contributed by atoms with Crippen molar-refractivity contribution in [2.45, 2.75) is 50.3 Å². The Morgan fingerprint density at radius 2 is 1.88 bits per heavy atom. The molecule has 1 unspecified atom stereocenters. The number of aryl methyl sites for hydroxylation is 1. The molecule has 0 bridgehead atoms. The van der Waals surface area contributed by atoms with E-state index in [1.54, 1.807) is 24.3 Å². The number of fused-ring (bicyclic) bond motifs is 2. The summed E-state index contributed by atoms with van der Waals surface area (Å²) in [5.41, 5.74) is 5.50. The van der Waals surface area contributed by atoms with Crippen molar-refractivity contribution in [2.75, 3.05) is 25.2 Å². The molecule has 0 amide bonds. The monoisotopic (exact) mass is 724 g/mol. The fourth-order valence-corrected chi connectivity index (χ4v) is 7.71. The van der Waals surface area contributed by atoms with Crippen molar-refractivity contribution >= 4 is 53.6 Å². The summed E-state index contributed by atoms with van der Waals surface area (Å²) >= 11 is 0.979. The molecule has 3 aromatic carbocycles. The molecule has 5 aromatic rings. The Kier molecular flexibility index (Phi) is 10.6. The number of aromatic nitrogens is 4. The zero-order valence-corrected chi connectivity index (χ0v) is 29.1. The number of nitrogens with two attached hydrogens (primary N) is 1. The van der Waals surface area contributed by atoms with Crippen LogP contribution < -0.4 is 20.1 Å². The number of hydrogen-bond donors (Lipinski definition) is 4. The van der Waals surface area contributed by atoms with Gasteiger partial charge in [-0.3, -0.25) is 9.09 Å². The number of benzene rings is 3. The Labute approximate surface area is 291 Å². The van der Waals surface area contributed by atoms with Crippen LogP contribution in [0.4, 0.5) is 5.95 Å². The standard InChI is InChI=1S/C33H37N6O9PS/c1-20(30(41)48-50-17-16-21-10-5-4-6-11-21)38-49(43,47-24-15-9-13-22-12-7-8-14-23(22)24)45-18-25-27(40)33(2,42)31(46-25)39-19-35-26-28(39)36-32(34)37-29(26)44-3/h4-15,19-20,25,27,31,40,42H,16-18H2,1-3H3,(H,38,43)(H2,34,36,37)/t20-,25+,27+,31+,33+,49?/m0/s1. The predicted molar refractivity (Wildman–Crippen MR) is 186 cm³/mol. The number of rotatable bonds is 14. The summed E-state index contributed by atoms with van der Waals surface area (Å²) in [6.07, 6.45) is -1.97. The molecule has 3 heterocycles. The summed E-state index contributed by atoms with van der Waals surface area (Å²) in [5, 5.41) is 26.8. The minimum atomic E-state index is -4.41. The highest BCUT2D eigenvalue weighted by Gasteiger charge is 2.54. The lowest BCUT2D eigenvalue weighted by atomic mass is 9.96. The average Bonchev–Trinajstić information content (AvgIpc) is 3.62. The van der Waals surface area contributed by atoms with E-state index in [1.807, 2.05) is 48.5 Å². The Balaban J connectivity index is 1.19. The summed E-state index contributed by atoms with van der Waals surface area (Å²) in [5.74, 6) is 0.0552. The molecule has 0 radical (unpaired) electrons. The summed E-state index contributed by atoms with van der Waals surface area (Å²) in [6.45, 7) is 2.31. The molecule has 1 saturated heterocycles. The third-order valence-corrected chi connectivity index (χ3v) is 10.4. The number of aliphatic hydroxyl groups excluding tert-OH is 1. The van der Waals surface area contributed by atoms with Crippen molar-refractivity contribution in [1.82, 2.24) is 24.6 Å². The number of nitrogens with one attached hydrogen (secondary N) is 1. The van der Waals surface area contributed by atoms with Crippen LogP contribution in [-0.4, -0.2) is 79.0 Å². The first-order chi connectivity index (χ1) is 24.0. The molecule has 15 nitrogen and oxygen atoms in total. The molecule has 1 aliphatic heterocycles. The summed E-state index contributed by atoms with van der Waals surface area (Å²) in [7, 11) is -3.00. The van der Waals surface area contributed by atoms with Gasteiger partial charge < -0.3 is 34.1 Å². The SMILES string of the molecule is COc1nc(N)nc2c1ncn2[C@@H]1O[C@H](COP(=O)(N[C@@H](C)C(=O)OSCCc2ccccc2)Oc2cccc3ccccc23)[C@@H](O)[C@@]1(C)O. The van der Waals surface area contributed by atoms with Gasteiger partial charge in [0.15, 0.2) is 17.4 Å². The highest BCUT2D eigenvalue weighted by Crippen LogP contribution is 2.48. The van der Waals surface area contributed by atoms with Crippen LogP contribution in [0.1, 0.15) is 25.6 Å². The van der Waals surface area contributed by atoms with Crippen molar-refractivity contribution in [3.05, 3.63) is 84.7 Å². The maximum Gasteiger partial charge on any atom is 0.459 e. The molecular formula is C33H37N6O9PS. The second-order valence-electron chi connectivity index (χ2n) is 11.8. The Hall–Kier alpha value is -4.28. The average molecular weight is 725 g/mol. The van der Waals surface area contributed by atoms with Gasteiger partial charge in [0.2, 0.25) is 11.8 Å². The van der Waals surface area contributed by atoms with Crippen LogP contribution in [0.15, 0.2) is 79.1 Å². The maximum absolute atomic E-state index is 14.4. The zero-order chi connectivity index (χ0) is 35.5. The van der Waals surface area contributed by atoms with Gasteiger partial charge in [0, 0.05) is 11.1 Å². The predicted octanol–water partition coefficient (Wildman–Crippen LogP) is 4.20. The van der Waals surface area contributed by atoms with Crippen LogP contribution >= 0.6 is 19.8 Å². The first-order valence-electron chi connectivity index (χ1n) is 15.7. The number of anilines is 1. The number of hydrogen-bond acceptors (Lipinski definition) is 14. The molecule has 6 atom stereocenters. The Morgan fingerprint density at radius 3 is 2.66 bits per heavy atom. The van der Waals surface area contributed by atoms with Crippen LogP contribution in [0.5, 0.6) is 11.6 Å². The molecule has 6 rings (SSSR count). The quantitative estimate of drug-likeness (QED) is 0.0721.